The number of methoxy groups -OCH3 is 1. The Morgan fingerprint density at radius 1 is 0.630 bits per heavy atom. The molecule has 0 fully saturated rings. The van der Waals surface area contributed by atoms with Gasteiger partial charge in [0, 0.05) is 16.7 Å². The highest BCUT2D eigenvalue weighted by Crippen LogP contribution is 2.41. The molecule has 0 unspecified atom stereocenters. The molecule has 128 valence electrons. The van der Waals surface area contributed by atoms with Crippen LogP contribution in [0.1, 0.15) is 16.7 Å². The minimum Gasteiger partial charge on any atom is -0.497 e. The molecular formula is C22H14N4O. The smallest absolute Gasteiger partial charge is 0.150 e. The van der Waals surface area contributed by atoms with Gasteiger partial charge in [0.2, 0.25) is 0 Å². The van der Waals surface area contributed by atoms with Crippen LogP contribution in [0.15, 0.2) is 81.7 Å². The molecule has 0 atom stereocenters. The number of hydrogen-bond donors (Lipinski definition) is 0. The molecular weight excluding hydrogens is 336 g/mol. The molecule has 3 aliphatic heterocycles. The molecule has 0 aromatic heterocycles. The highest BCUT2D eigenvalue weighted by atomic mass is 16.5. The third-order valence-electron chi connectivity index (χ3n) is 5.05. The van der Waals surface area contributed by atoms with Gasteiger partial charge in [-0.1, -0.05) is 24.3 Å². The van der Waals surface area contributed by atoms with Gasteiger partial charge in [-0.05, 0) is 42.5 Å². The van der Waals surface area contributed by atoms with E-state index < -0.39 is 0 Å². The van der Waals surface area contributed by atoms with Gasteiger partial charge in [0.15, 0.2) is 0 Å². The normalized spacial score (nSPS) is 15.4. The summed E-state index contributed by atoms with van der Waals surface area (Å²) in [6.07, 6.45) is 0. The maximum atomic E-state index is 5.43. The Hall–Kier alpha value is -3.73. The first-order chi connectivity index (χ1) is 13.3. The third-order valence-corrected chi connectivity index (χ3v) is 5.05. The van der Waals surface area contributed by atoms with E-state index in [4.69, 9.17) is 19.7 Å². The monoisotopic (exact) mass is 350 g/mol. The third kappa shape index (κ3) is 1.91. The summed E-state index contributed by atoms with van der Waals surface area (Å²) in [4.78, 5) is 16.9. The number of nitrogens with zero attached hydrogens (tertiary/aromatic N) is 4. The van der Waals surface area contributed by atoms with Crippen LogP contribution in [0, 0.1) is 0 Å². The lowest BCUT2D eigenvalue weighted by atomic mass is 9.98. The molecule has 0 amide bonds. The van der Waals surface area contributed by atoms with E-state index in [1.807, 2.05) is 54.6 Å². The van der Waals surface area contributed by atoms with Gasteiger partial charge in [-0.25, -0.2) is 15.0 Å². The summed E-state index contributed by atoms with van der Waals surface area (Å²) < 4.78 is 5.43. The molecule has 0 saturated heterocycles. The van der Waals surface area contributed by atoms with E-state index in [0.717, 1.165) is 57.0 Å². The van der Waals surface area contributed by atoms with Crippen molar-refractivity contribution in [3.05, 3.63) is 83.4 Å². The molecule has 0 bridgehead atoms. The minimum atomic E-state index is 0.782. The highest BCUT2D eigenvalue weighted by Gasteiger charge is 2.38. The number of amidine groups is 3. The summed E-state index contributed by atoms with van der Waals surface area (Å²) >= 11 is 0. The van der Waals surface area contributed by atoms with Gasteiger partial charge in [-0.2, -0.15) is 0 Å². The van der Waals surface area contributed by atoms with Crippen LogP contribution in [0.25, 0.3) is 0 Å². The zero-order chi connectivity index (χ0) is 18.0. The minimum absolute atomic E-state index is 0.782. The summed E-state index contributed by atoms with van der Waals surface area (Å²) in [6, 6.07) is 22.1. The van der Waals surface area contributed by atoms with E-state index in [2.05, 4.69) is 17.0 Å². The Kier molecular flexibility index (Phi) is 2.75. The van der Waals surface area contributed by atoms with Crippen LogP contribution < -0.4 is 4.74 Å². The highest BCUT2D eigenvalue weighted by molar-refractivity contribution is 6.36. The molecule has 3 heterocycles. The van der Waals surface area contributed by atoms with Gasteiger partial charge in [0.05, 0.1) is 24.2 Å². The standard InChI is InChI=1S/C22H14N4O/c1-27-13-10-11-19-16(12-13)22-24-18-9-5-3-7-15(18)20-23-17-8-4-2-6-14(17)21(25-19)26(20)22/h2-12H,1H3. The Labute approximate surface area is 156 Å². The van der Waals surface area contributed by atoms with E-state index in [1.54, 1.807) is 7.11 Å². The molecule has 3 aromatic carbocycles. The van der Waals surface area contributed by atoms with Crippen molar-refractivity contribution >= 4 is 34.6 Å². The fraction of sp³-hybridized carbons (Fsp3) is 0.0455. The second-order valence-corrected chi connectivity index (χ2v) is 6.56. The van der Waals surface area contributed by atoms with E-state index in [1.165, 1.54) is 0 Å². The van der Waals surface area contributed by atoms with E-state index >= 15 is 0 Å². The Morgan fingerprint density at radius 2 is 1.15 bits per heavy atom. The molecule has 0 spiro atoms. The zero-order valence-electron chi connectivity index (χ0n) is 14.5. The summed E-state index contributed by atoms with van der Waals surface area (Å²) in [5.41, 5.74) is 5.69. The van der Waals surface area contributed by atoms with Crippen molar-refractivity contribution in [3.63, 3.8) is 0 Å². The van der Waals surface area contributed by atoms with Crippen molar-refractivity contribution in [3.8, 4) is 5.75 Å². The van der Waals surface area contributed by atoms with E-state index in [0.29, 0.717) is 0 Å². The first-order valence-electron chi connectivity index (χ1n) is 8.77. The van der Waals surface area contributed by atoms with Gasteiger partial charge >= 0.3 is 0 Å². The summed E-state index contributed by atoms with van der Waals surface area (Å²) in [7, 11) is 1.67. The molecule has 0 N–H and O–H groups in total. The SMILES string of the molecule is COc1ccc2c(c1)C1=Nc3ccccc3C3=Nc4ccccc4C(=N2)N31. The topological polar surface area (TPSA) is 49.6 Å². The quantitative estimate of drug-likeness (QED) is 0.645. The maximum absolute atomic E-state index is 5.43. The van der Waals surface area contributed by atoms with Crippen molar-refractivity contribution in [1.29, 1.82) is 0 Å². The molecule has 0 radical (unpaired) electrons. The summed E-state index contributed by atoms with van der Waals surface area (Å²) in [6.45, 7) is 0. The summed E-state index contributed by atoms with van der Waals surface area (Å²) in [5.74, 6) is 3.34. The van der Waals surface area contributed by atoms with Gasteiger partial charge in [-0.15, -0.1) is 0 Å². The molecule has 27 heavy (non-hydrogen) atoms. The van der Waals surface area contributed by atoms with Crippen molar-refractivity contribution in [2.24, 2.45) is 15.0 Å². The number of aliphatic imine (C=N–C) groups is 3. The lowest BCUT2D eigenvalue weighted by Crippen LogP contribution is -2.48. The second-order valence-electron chi connectivity index (χ2n) is 6.56. The van der Waals surface area contributed by atoms with Crippen molar-refractivity contribution < 1.29 is 4.74 Å². The molecule has 0 saturated carbocycles. The lowest BCUT2D eigenvalue weighted by molar-refractivity contribution is 0.414. The van der Waals surface area contributed by atoms with E-state index in [9.17, 15) is 0 Å². The van der Waals surface area contributed by atoms with Crippen LogP contribution in [-0.4, -0.2) is 29.5 Å². The van der Waals surface area contributed by atoms with Crippen LogP contribution in [0.3, 0.4) is 0 Å². The Balaban J connectivity index is 1.74. The van der Waals surface area contributed by atoms with Gasteiger partial charge in [0.25, 0.3) is 0 Å². The number of fused-ring (bicyclic) bond motifs is 6. The van der Waals surface area contributed by atoms with E-state index in [-0.39, 0.29) is 0 Å². The first kappa shape index (κ1) is 14.4. The van der Waals surface area contributed by atoms with Crippen molar-refractivity contribution in [2.75, 3.05) is 7.11 Å². The molecule has 5 heteroatoms. The molecule has 6 rings (SSSR count). The molecule has 5 nitrogen and oxygen atoms in total. The summed E-state index contributed by atoms with van der Waals surface area (Å²) in [5, 5.41) is 0. The van der Waals surface area contributed by atoms with Crippen molar-refractivity contribution in [1.82, 2.24) is 4.90 Å². The predicted molar refractivity (Wildman–Crippen MR) is 106 cm³/mol. The zero-order valence-corrected chi connectivity index (χ0v) is 14.5. The van der Waals surface area contributed by atoms with Crippen LogP contribution in [0.4, 0.5) is 17.1 Å². The number of ether oxygens (including phenoxy) is 1. The second kappa shape index (κ2) is 5.14. The number of para-hydroxylation sites is 2. The van der Waals surface area contributed by atoms with Gasteiger partial charge < -0.3 is 4.74 Å². The Bertz CT molecular complexity index is 1220. The first-order valence-corrected chi connectivity index (χ1v) is 8.77. The fourth-order valence-electron chi connectivity index (χ4n) is 3.77. The maximum Gasteiger partial charge on any atom is 0.150 e. The average molecular weight is 350 g/mol. The lowest BCUT2D eigenvalue weighted by Gasteiger charge is -2.38. The average Bonchev–Trinajstić information content (AvgIpc) is 2.73. The van der Waals surface area contributed by atoms with Gasteiger partial charge in [-0.3, -0.25) is 4.90 Å². The van der Waals surface area contributed by atoms with Gasteiger partial charge in [0.1, 0.15) is 23.3 Å². The number of hydrogen-bond acceptors (Lipinski definition) is 5. The van der Waals surface area contributed by atoms with Crippen LogP contribution in [-0.2, 0) is 0 Å². The van der Waals surface area contributed by atoms with Crippen LogP contribution in [0.5, 0.6) is 5.75 Å². The molecule has 3 aliphatic rings. The largest absolute Gasteiger partial charge is 0.497 e. The Morgan fingerprint density at radius 3 is 1.74 bits per heavy atom. The molecule has 3 aromatic rings. The van der Waals surface area contributed by atoms with Crippen LogP contribution in [0.2, 0.25) is 0 Å². The molecule has 0 aliphatic carbocycles. The number of rotatable bonds is 1. The number of benzene rings is 3. The predicted octanol–water partition coefficient (Wildman–Crippen LogP) is 4.57. The van der Waals surface area contributed by atoms with Crippen LogP contribution >= 0.6 is 0 Å². The van der Waals surface area contributed by atoms with Crippen molar-refractivity contribution in [2.45, 2.75) is 0 Å². The fourth-order valence-corrected chi connectivity index (χ4v) is 3.77.